The highest BCUT2D eigenvalue weighted by molar-refractivity contribution is 5.65. The normalized spacial score (nSPS) is 10.5. The molecule has 0 aliphatic heterocycles. The van der Waals surface area contributed by atoms with Crippen molar-refractivity contribution in [3.63, 3.8) is 0 Å². The highest BCUT2D eigenvalue weighted by Gasteiger charge is 2.07. The number of methoxy groups -OCH3 is 1. The monoisotopic (exact) mass is 394 g/mol. The van der Waals surface area contributed by atoms with Crippen molar-refractivity contribution < 1.29 is 14.2 Å². The van der Waals surface area contributed by atoms with E-state index in [9.17, 15) is 0 Å². The largest absolute Gasteiger partial charge is 0.497 e. The van der Waals surface area contributed by atoms with Gasteiger partial charge >= 0.3 is 0 Å². The number of rotatable bonds is 10. The summed E-state index contributed by atoms with van der Waals surface area (Å²) < 4.78 is 16.7. The maximum atomic E-state index is 5.84. The predicted octanol–water partition coefficient (Wildman–Crippen LogP) is 4.51. The lowest BCUT2D eigenvalue weighted by Crippen LogP contribution is -2.12. The van der Waals surface area contributed by atoms with Crippen molar-refractivity contribution in [1.29, 1.82) is 0 Å². The van der Waals surface area contributed by atoms with Gasteiger partial charge in [0.25, 0.3) is 0 Å². The molecule has 0 spiro atoms. The number of hydrogen-bond donors (Lipinski definition) is 2. The molecule has 0 unspecified atom stereocenters. The molecule has 0 aliphatic carbocycles. The van der Waals surface area contributed by atoms with E-state index < -0.39 is 0 Å². The van der Waals surface area contributed by atoms with E-state index >= 15 is 0 Å². The smallest absolute Gasteiger partial charge is 0.143 e. The molecule has 0 radical (unpaired) electrons. The van der Waals surface area contributed by atoms with Crippen LogP contribution in [-0.2, 0) is 0 Å². The fourth-order valence-electron chi connectivity index (χ4n) is 2.61. The number of hydrogen-bond acceptors (Lipinski definition) is 7. The molecule has 0 saturated heterocycles. The summed E-state index contributed by atoms with van der Waals surface area (Å²) in [5.41, 5.74) is 0.855. The van der Waals surface area contributed by atoms with Crippen LogP contribution in [0.4, 0.5) is 17.3 Å². The highest BCUT2D eigenvalue weighted by Crippen LogP contribution is 2.28. The molecule has 2 N–H and O–H groups in total. The van der Waals surface area contributed by atoms with Gasteiger partial charge in [0, 0.05) is 6.07 Å². The van der Waals surface area contributed by atoms with Crippen LogP contribution in [0.2, 0.25) is 0 Å². The highest BCUT2D eigenvalue weighted by atomic mass is 16.5. The Morgan fingerprint density at radius 1 is 0.931 bits per heavy atom. The SMILES string of the molecule is COc1ccc(OCCNc2cc(Nc3ccccc3OC(C)C)ncn2)cc1. The van der Waals surface area contributed by atoms with E-state index in [1.807, 2.05) is 68.4 Å². The minimum atomic E-state index is 0.0891. The summed E-state index contributed by atoms with van der Waals surface area (Å²) in [5.74, 6) is 3.77. The average Bonchev–Trinajstić information content (AvgIpc) is 2.73. The predicted molar refractivity (Wildman–Crippen MR) is 114 cm³/mol. The number of aromatic nitrogens is 2. The van der Waals surface area contributed by atoms with Crippen LogP contribution in [0.25, 0.3) is 0 Å². The van der Waals surface area contributed by atoms with Crippen LogP contribution >= 0.6 is 0 Å². The van der Waals surface area contributed by atoms with Gasteiger partial charge in [0.2, 0.25) is 0 Å². The lowest BCUT2D eigenvalue weighted by Gasteiger charge is -2.15. The third-order valence-corrected chi connectivity index (χ3v) is 3.92. The van der Waals surface area contributed by atoms with Gasteiger partial charge in [-0.15, -0.1) is 0 Å². The van der Waals surface area contributed by atoms with Crippen LogP contribution in [0.1, 0.15) is 13.8 Å². The Hall–Kier alpha value is -3.48. The van der Waals surface area contributed by atoms with Crippen molar-refractivity contribution in [2.45, 2.75) is 20.0 Å². The molecule has 1 aromatic heterocycles. The third-order valence-electron chi connectivity index (χ3n) is 3.92. The number of ether oxygens (including phenoxy) is 3. The fourth-order valence-corrected chi connectivity index (χ4v) is 2.61. The molecule has 0 aliphatic rings. The second kappa shape index (κ2) is 10.2. The Morgan fingerprint density at radius 3 is 2.41 bits per heavy atom. The Kier molecular flexibility index (Phi) is 7.10. The molecule has 7 nitrogen and oxygen atoms in total. The first-order valence-electron chi connectivity index (χ1n) is 9.49. The zero-order valence-corrected chi connectivity index (χ0v) is 16.9. The van der Waals surface area contributed by atoms with Crippen molar-refractivity contribution in [2.75, 3.05) is 30.9 Å². The molecule has 152 valence electrons. The van der Waals surface area contributed by atoms with Crippen LogP contribution in [0.15, 0.2) is 60.9 Å². The van der Waals surface area contributed by atoms with Gasteiger partial charge in [-0.1, -0.05) is 12.1 Å². The lowest BCUT2D eigenvalue weighted by atomic mass is 10.3. The first kappa shape index (κ1) is 20.3. The lowest BCUT2D eigenvalue weighted by molar-refractivity contribution is 0.244. The summed E-state index contributed by atoms with van der Waals surface area (Å²) in [6.45, 7) is 5.11. The first-order valence-corrected chi connectivity index (χ1v) is 9.49. The van der Waals surface area contributed by atoms with E-state index in [1.54, 1.807) is 7.11 Å². The molecule has 0 saturated carbocycles. The summed E-state index contributed by atoms with van der Waals surface area (Å²) >= 11 is 0. The fraction of sp³-hybridized carbons (Fsp3) is 0.273. The maximum absolute atomic E-state index is 5.84. The van der Waals surface area contributed by atoms with Gasteiger partial charge in [-0.25, -0.2) is 9.97 Å². The van der Waals surface area contributed by atoms with Gasteiger partial charge in [0.05, 0.1) is 25.4 Å². The number of para-hydroxylation sites is 2. The van der Waals surface area contributed by atoms with Crippen molar-refractivity contribution in [3.05, 3.63) is 60.9 Å². The molecular weight excluding hydrogens is 368 g/mol. The van der Waals surface area contributed by atoms with Crippen molar-refractivity contribution in [2.24, 2.45) is 0 Å². The Labute approximate surface area is 171 Å². The second-order valence-corrected chi connectivity index (χ2v) is 6.53. The summed E-state index contributed by atoms with van der Waals surface area (Å²) in [6, 6.07) is 17.1. The number of nitrogens with zero attached hydrogens (tertiary/aromatic N) is 2. The van der Waals surface area contributed by atoms with Gasteiger partial charge in [-0.2, -0.15) is 0 Å². The van der Waals surface area contributed by atoms with Crippen LogP contribution in [0.5, 0.6) is 17.2 Å². The molecule has 2 aromatic carbocycles. The molecule has 0 bridgehead atoms. The Morgan fingerprint density at radius 2 is 1.66 bits per heavy atom. The maximum Gasteiger partial charge on any atom is 0.143 e. The Balaban J connectivity index is 1.53. The second-order valence-electron chi connectivity index (χ2n) is 6.53. The molecule has 3 rings (SSSR count). The van der Waals surface area contributed by atoms with Gasteiger partial charge in [-0.05, 0) is 50.2 Å². The molecule has 1 heterocycles. The number of benzene rings is 2. The molecule has 0 amide bonds. The van der Waals surface area contributed by atoms with Crippen molar-refractivity contribution in [1.82, 2.24) is 9.97 Å². The number of anilines is 3. The van der Waals surface area contributed by atoms with E-state index in [-0.39, 0.29) is 6.10 Å². The van der Waals surface area contributed by atoms with Crippen LogP contribution in [0.3, 0.4) is 0 Å². The molecule has 29 heavy (non-hydrogen) atoms. The third kappa shape index (κ3) is 6.27. The van der Waals surface area contributed by atoms with E-state index in [0.717, 1.165) is 22.9 Å². The van der Waals surface area contributed by atoms with E-state index in [4.69, 9.17) is 14.2 Å². The van der Waals surface area contributed by atoms with E-state index in [1.165, 1.54) is 6.33 Å². The number of nitrogens with one attached hydrogen (secondary N) is 2. The van der Waals surface area contributed by atoms with Crippen LogP contribution in [-0.4, -0.2) is 36.3 Å². The minimum Gasteiger partial charge on any atom is -0.497 e. The topological polar surface area (TPSA) is 77.5 Å². The zero-order valence-electron chi connectivity index (χ0n) is 16.9. The van der Waals surface area contributed by atoms with Gasteiger partial charge in [0.15, 0.2) is 0 Å². The molecular formula is C22H26N4O3. The standard InChI is InChI=1S/C22H26N4O3/c1-16(2)29-20-7-5-4-6-19(20)26-22-14-21(24-15-25-22)23-12-13-28-18-10-8-17(27-3)9-11-18/h4-11,14-16H,12-13H2,1-3H3,(H2,23,24,25,26). The minimum absolute atomic E-state index is 0.0891. The molecule has 7 heteroatoms. The Bertz CT molecular complexity index is 901. The first-order chi connectivity index (χ1) is 14.1. The zero-order chi connectivity index (χ0) is 20.5. The molecule has 0 atom stereocenters. The van der Waals surface area contributed by atoms with Gasteiger partial charge in [-0.3, -0.25) is 0 Å². The van der Waals surface area contributed by atoms with Crippen LogP contribution in [0, 0.1) is 0 Å². The molecule has 0 fully saturated rings. The quantitative estimate of drug-likeness (QED) is 0.490. The summed E-state index contributed by atoms with van der Waals surface area (Å²) in [6.07, 6.45) is 1.60. The van der Waals surface area contributed by atoms with Crippen molar-refractivity contribution in [3.8, 4) is 17.2 Å². The van der Waals surface area contributed by atoms with E-state index in [2.05, 4.69) is 20.6 Å². The summed E-state index contributed by atoms with van der Waals surface area (Å²) in [5, 5.41) is 6.52. The van der Waals surface area contributed by atoms with E-state index in [0.29, 0.717) is 24.8 Å². The molecule has 3 aromatic rings. The summed E-state index contributed by atoms with van der Waals surface area (Å²) in [4.78, 5) is 8.54. The summed E-state index contributed by atoms with van der Waals surface area (Å²) in [7, 11) is 1.64. The van der Waals surface area contributed by atoms with Gasteiger partial charge in [0.1, 0.15) is 41.8 Å². The van der Waals surface area contributed by atoms with Gasteiger partial charge < -0.3 is 24.8 Å². The average molecular weight is 394 g/mol. The van der Waals surface area contributed by atoms with Crippen LogP contribution < -0.4 is 24.8 Å². The van der Waals surface area contributed by atoms with Crippen molar-refractivity contribution >= 4 is 17.3 Å².